The highest BCUT2D eigenvalue weighted by Crippen LogP contribution is 2.34. The van der Waals surface area contributed by atoms with Crippen LogP contribution in [-0.4, -0.2) is 23.0 Å². The molecule has 0 unspecified atom stereocenters. The SMILES string of the molecule is CN1C(=O)C(=Cc2ccccc2OCc2ccc(Br)cc2)SC1=Nc1ccccc1. The maximum absolute atomic E-state index is 12.7. The quantitative estimate of drug-likeness (QED) is 0.406. The van der Waals surface area contributed by atoms with Crippen molar-refractivity contribution in [2.45, 2.75) is 6.61 Å². The lowest BCUT2D eigenvalue weighted by Gasteiger charge is -2.10. The molecule has 0 aliphatic carbocycles. The molecule has 1 saturated heterocycles. The van der Waals surface area contributed by atoms with E-state index >= 15 is 0 Å². The Bertz CT molecular complexity index is 1110. The molecule has 1 amide bonds. The first-order valence-electron chi connectivity index (χ1n) is 9.38. The van der Waals surface area contributed by atoms with E-state index in [0.717, 1.165) is 27.0 Å². The first kappa shape index (κ1) is 20.4. The zero-order valence-corrected chi connectivity index (χ0v) is 18.7. The fourth-order valence-electron chi connectivity index (χ4n) is 2.88. The number of para-hydroxylation sites is 2. The van der Waals surface area contributed by atoms with Crippen molar-refractivity contribution in [3.8, 4) is 5.75 Å². The van der Waals surface area contributed by atoms with Gasteiger partial charge in [0, 0.05) is 17.1 Å². The van der Waals surface area contributed by atoms with Gasteiger partial charge in [-0.15, -0.1) is 0 Å². The average molecular weight is 479 g/mol. The van der Waals surface area contributed by atoms with Crippen molar-refractivity contribution in [3.63, 3.8) is 0 Å². The van der Waals surface area contributed by atoms with Gasteiger partial charge in [-0.05, 0) is 53.7 Å². The van der Waals surface area contributed by atoms with Gasteiger partial charge in [0.2, 0.25) is 0 Å². The normalized spacial score (nSPS) is 16.5. The van der Waals surface area contributed by atoms with Crippen LogP contribution in [0, 0.1) is 0 Å². The largest absolute Gasteiger partial charge is 0.488 e. The molecule has 1 aliphatic rings. The minimum absolute atomic E-state index is 0.0719. The van der Waals surface area contributed by atoms with E-state index in [1.807, 2.05) is 84.9 Å². The van der Waals surface area contributed by atoms with Crippen LogP contribution < -0.4 is 4.74 Å². The molecule has 0 saturated carbocycles. The number of hydrogen-bond acceptors (Lipinski definition) is 4. The summed E-state index contributed by atoms with van der Waals surface area (Å²) in [6.45, 7) is 0.454. The lowest BCUT2D eigenvalue weighted by molar-refractivity contribution is -0.121. The standard InChI is InChI=1S/C24H19BrN2O2S/c1-27-23(28)22(30-24(27)26-20-8-3-2-4-9-20)15-18-7-5-6-10-21(18)29-16-17-11-13-19(25)14-12-17/h2-15H,16H2,1H3. The smallest absolute Gasteiger partial charge is 0.266 e. The Hall–Kier alpha value is -2.83. The molecular weight excluding hydrogens is 460 g/mol. The van der Waals surface area contributed by atoms with Crippen LogP contribution in [0.1, 0.15) is 11.1 Å². The summed E-state index contributed by atoms with van der Waals surface area (Å²) in [6.07, 6.45) is 1.87. The highest BCUT2D eigenvalue weighted by molar-refractivity contribution is 9.10. The van der Waals surface area contributed by atoms with Crippen molar-refractivity contribution < 1.29 is 9.53 Å². The number of rotatable bonds is 5. The van der Waals surface area contributed by atoms with Gasteiger partial charge in [-0.1, -0.05) is 64.5 Å². The predicted molar refractivity (Wildman–Crippen MR) is 127 cm³/mol. The Balaban J connectivity index is 1.55. The molecule has 3 aromatic rings. The third-order valence-electron chi connectivity index (χ3n) is 4.50. The van der Waals surface area contributed by atoms with Crippen molar-refractivity contribution in [2.24, 2.45) is 4.99 Å². The average Bonchev–Trinajstić information content (AvgIpc) is 3.03. The summed E-state index contributed by atoms with van der Waals surface area (Å²) in [7, 11) is 1.74. The predicted octanol–water partition coefficient (Wildman–Crippen LogP) is 6.26. The summed E-state index contributed by atoms with van der Waals surface area (Å²) >= 11 is 4.81. The number of carbonyl (C=O) groups is 1. The Morgan fingerprint density at radius 1 is 1.00 bits per heavy atom. The summed E-state index contributed by atoms with van der Waals surface area (Å²) < 4.78 is 7.07. The molecule has 4 rings (SSSR count). The van der Waals surface area contributed by atoms with E-state index in [2.05, 4.69) is 20.9 Å². The van der Waals surface area contributed by atoms with Crippen LogP contribution in [0.3, 0.4) is 0 Å². The number of amides is 1. The molecule has 0 radical (unpaired) electrons. The van der Waals surface area contributed by atoms with Gasteiger partial charge in [-0.2, -0.15) is 0 Å². The van der Waals surface area contributed by atoms with E-state index in [-0.39, 0.29) is 5.91 Å². The highest BCUT2D eigenvalue weighted by Gasteiger charge is 2.30. The second kappa shape index (κ2) is 9.32. The Labute approximate surface area is 188 Å². The maximum Gasteiger partial charge on any atom is 0.266 e. The van der Waals surface area contributed by atoms with Crippen LogP contribution in [0.5, 0.6) is 5.75 Å². The minimum atomic E-state index is -0.0719. The molecule has 1 aliphatic heterocycles. The highest BCUT2D eigenvalue weighted by atomic mass is 79.9. The molecule has 0 atom stereocenters. The Morgan fingerprint density at radius 3 is 2.47 bits per heavy atom. The maximum atomic E-state index is 12.7. The monoisotopic (exact) mass is 478 g/mol. The van der Waals surface area contributed by atoms with Crippen LogP contribution in [-0.2, 0) is 11.4 Å². The second-order valence-corrected chi connectivity index (χ2v) is 8.58. The number of halogens is 1. The molecule has 3 aromatic carbocycles. The lowest BCUT2D eigenvalue weighted by atomic mass is 10.2. The molecule has 6 heteroatoms. The summed E-state index contributed by atoms with van der Waals surface area (Å²) in [4.78, 5) is 19.5. The van der Waals surface area contributed by atoms with Gasteiger partial charge < -0.3 is 4.74 Å². The second-order valence-electron chi connectivity index (χ2n) is 6.66. The first-order chi connectivity index (χ1) is 14.6. The number of nitrogens with zero attached hydrogens (tertiary/aromatic N) is 2. The van der Waals surface area contributed by atoms with E-state index in [4.69, 9.17) is 4.74 Å². The fraction of sp³-hybridized carbons (Fsp3) is 0.0833. The zero-order valence-electron chi connectivity index (χ0n) is 16.3. The molecule has 4 nitrogen and oxygen atoms in total. The molecule has 0 spiro atoms. The van der Waals surface area contributed by atoms with Crippen LogP contribution in [0.25, 0.3) is 6.08 Å². The van der Waals surface area contributed by atoms with Gasteiger partial charge in [0.15, 0.2) is 5.17 Å². The number of hydrogen-bond donors (Lipinski definition) is 0. The van der Waals surface area contributed by atoms with E-state index < -0.39 is 0 Å². The van der Waals surface area contributed by atoms with Crippen molar-refractivity contribution >= 4 is 50.5 Å². The van der Waals surface area contributed by atoms with Gasteiger partial charge >= 0.3 is 0 Å². The van der Waals surface area contributed by atoms with E-state index in [9.17, 15) is 4.79 Å². The first-order valence-corrected chi connectivity index (χ1v) is 11.0. The zero-order chi connectivity index (χ0) is 20.9. The van der Waals surface area contributed by atoms with E-state index in [1.54, 1.807) is 11.9 Å². The molecule has 0 aromatic heterocycles. The molecule has 30 heavy (non-hydrogen) atoms. The number of ether oxygens (including phenoxy) is 1. The molecule has 1 fully saturated rings. The third-order valence-corrected chi connectivity index (χ3v) is 6.09. The van der Waals surface area contributed by atoms with Crippen LogP contribution in [0.15, 0.2) is 93.2 Å². The van der Waals surface area contributed by atoms with Crippen molar-refractivity contribution in [1.29, 1.82) is 0 Å². The number of likely N-dealkylation sites (N-methyl/N-ethyl adjacent to an activating group) is 1. The number of thioether (sulfide) groups is 1. The van der Waals surface area contributed by atoms with Crippen LogP contribution >= 0.6 is 27.7 Å². The van der Waals surface area contributed by atoms with Gasteiger partial charge in [-0.3, -0.25) is 9.69 Å². The minimum Gasteiger partial charge on any atom is -0.488 e. The topological polar surface area (TPSA) is 41.9 Å². The number of amidine groups is 1. The summed E-state index contributed by atoms with van der Waals surface area (Å²) in [5.41, 5.74) is 2.75. The van der Waals surface area contributed by atoms with Crippen molar-refractivity contribution in [3.05, 3.63) is 99.4 Å². The number of benzene rings is 3. The number of aliphatic imine (C=N–C) groups is 1. The van der Waals surface area contributed by atoms with E-state index in [1.165, 1.54) is 11.8 Å². The molecule has 150 valence electrons. The van der Waals surface area contributed by atoms with Crippen molar-refractivity contribution in [1.82, 2.24) is 4.90 Å². The third kappa shape index (κ3) is 4.83. The van der Waals surface area contributed by atoms with Gasteiger partial charge in [0.25, 0.3) is 5.91 Å². The molecule has 0 N–H and O–H groups in total. The van der Waals surface area contributed by atoms with Crippen LogP contribution in [0.2, 0.25) is 0 Å². The lowest BCUT2D eigenvalue weighted by Crippen LogP contribution is -2.23. The molecule has 1 heterocycles. The van der Waals surface area contributed by atoms with Gasteiger partial charge in [0.1, 0.15) is 12.4 Å². The molecular formula is C24H19BrN2O2S. The van der Waals surface area contributed by atoms with Crippen LogP contribution in [0.4, 0.5) is 5.69 Å². The summed E-state index contributed by atoms with van der Waals surface area (Å²) in [5, 5.41) is 0.658. The summed E-state index contributed by atoms with van der Waals surface area (Å²) in [5.74, 6) is 0.662. The van der Waals surface area contributed by atoms with E-state index in [0.29, 0.717) is 16.7 Å². The molecule has 0 bridgehead atoms. The Kier molecular flexibility index (Phi) is 6.35. The summed E-state index contributed by atoms with van der Waals surface area (Å²) in [6, 6.07) is 25.4. The fourth-order valence-corrected chi connectivity index (χ4v) is 4.12. The van der Waals surface area contributed by atoms with Gasteiger partial charge in [-0.25, -0.2) is 4.99 Å². The number of carbonyl (C=O) groups excluding carboxylic acids is 1. The van der Waals surface area contributed by atoms with Gasteiger partial charge in [0.05, 0.1) is 10.6 Å². The van der Waals surface area contributed by atoms with Crippen molar-refractivity contribution in [2.75, 3.05) is 7.05 Å². The Morgan fingerprint density at radius 2 is 1.70 bits per heavy atom.